The number of nitrogens with zero attached hydrogens (tertiary/aromatic N) is 3. The van der Waals surface area contributed by atoms with Gasteiger partial charge in [-0.1, -0.05) is 23.9 Å². The lowest BCUT2D eigenvalue weighted by Gasteiger charge is -2.13. The van der Waals surface area contributed by atoms with Crippen molar-refractivity contribution in [2.45, 2.75) is 44.4 Å². The lowest BCUT2D eigenvalue weighted by molar-refractivity contribution is -0.118. The summed E-state index contributed by atoms with van der Waals surface area (Å²) in [4.78, 5) is 36.2. The molecule has 3 aromatic rings. The third-order valence-electron chi connectivity index (χ3n) is 4.48. The molecule has 0 spiro atoms. The maximum absolute atomic E-state index is 12.6. The Morgan fingerprint density at radius 1 is 1.15 bits per heavy atom. The number of nitrogens with two attached hydrogens (primary N) is 1. The van der Waals surface area contributed by atoms with E-state index in [9.17, 15) is 14.4 Å². The Balaban J connectivity index is 1.69. The molecular formula is C22H26N6O4S. The fourth-order valence-corrected chi connectivity index (χ4v) is 3.77. The van der Waals surface area contributed by atoms with E-state index in [1.54, 1.807) is 41.2 Å². The van der Waals surface area contributed by atoms with Gasteiger partial charge in [0.15, 0.2) is 5.16 Å². The molecule has 2 aromatic heterocycles. The summed E-state index contributed by atoms with van der Waals surface area (Å²) in [6, 6.07) is 10.4. The normalized spacial score (nSPS) is 10.9. The highest BCUT2D eigenvalue weighted by molar-refractivity contribution is 7.99. The van der Waals surface area contributed by atoms with Crippen LogP contribution >= 0.6 is 11.8 Å². The molecule has 0 atom stereocenters. The first kappa shape index (κ1) is 24.1. The Morgan fingerprint density at radius 3 is 2.64 bits per heavy atom. The zero-order valence-corrected chi connectivity index (χ0v) is 19.2. The summed E-state index contributed by atoms with van der Waals surface area (Å²) < 4.78 is 7.21. The van der Waals surface area contributed by atoms with Crippen LogP contribution in [0.15, 0.2) is 52.2 Å². The number of rotatable bonds is 11. The number of thioether (sulfide) groups is 1. The Hall–Kier alpha value is -3.60. The first-order valence-electron chi connectivity index (χ1n) is 10.4. The summed E-state index contributed by atoms with van der Waals surface area (Å²) in [5, 5.41) is 14.4. The number of para-hydroxylation sites is 1. The molecule has 33 heavy (non-hydrogen) atoms. The Labute approximate surface area is 195 Å². The fourth-order valence-electron chi connectivity index (χ4n) is 3.01. The van der Waals surface area contributed by atoms with E-state index >= 15 is 0 Å². The molecule has 0 unspecified atom stereocenters. The number of carbonyl (C=O) groups is 3. The molecule has 0 saturated carbocycles. The predicted molar refractivity (Wildman–Crippen MR) is 124 cm³/mol. The number of primary amides is 1. The van der Waals surface area contributed by atoms with Gasteiger partial charge in [0, 0.05) is 18.9 Å². The summed E-state index contributed by atoms with van der Waals surface area (Å²) >= 11 is 1.20. The fraction of sp³-hybridized carbons (Fsp3) is 0.318. The van der Waals surface area contributed by atoms with Crippen molar-refractivity contribution in [1.82, 2.24) is 20.1 Å². The molecule has 3 rings (SSSR count). The third kappa shape index (κ3) is 6.94. The monoisotopic (exact) mass is 470 g/mol. The Bertz CT molecular complexity index is 1110. The average Bonchev–Trinajstić information content (AvgIpc) is 3.41. The molecule has 1 aromatic carbocycles. The Morgan fingerprint density at radius 2 is 1.94 bits per heavy atom. The molecule has 0 aliphatic heterocycles. The number of carbonyl (C=O) groups excluding carboxylic acids is 3. The lowest BCUT2D eigenvalue weighted by atomic mass is 10.1. The maximum atomic E-state index is 12.6. The molecular weight excluding hydrogens is 444 g/mol. The number of hydrogen-bond donors (Lipinski definition) is 3. The number of benzene rings is 1. The van der Waals surface area contributed by atoms with Crippen molar-refractivity contribution in [3.05, 3.63) is 59.8 Å². The van der Waals surface area contributed by atoms with Crippen LogP contribution in [-0.4, -0.2) is 44.3 Å². The molecule has 0 radical (unpaired) electrons. The topological polar surface area (TPSA) is 145 Å². The van der Waals surface area contributed by atoms with Gasteiger partial charge in [0.1, 0.15) is 11.6 Å². The quantitative estimate of drug-likeness (QED) is 0.364. The van der Waals surface area contributed by atoms with Crippen LogP contribution in [0.5, 0.6) is 0 Å². The molecule has 3 amide bonds. The van der Waals surface area contributed by atoms with E-state index in [1.165, 1.54) is 11.8 Å². The highest BCUT2D eigenvalue weighted by Crippen LogP contribution is 2.21. The van der Waals surface area contributed by atoms with Gasteiger partial charge < -0.3 is 20.8 Å². The lowest BCUT2D eigenvalue weighted by Crippen LogP contribution is -2.31. The van der Waals surface area contributed by atoms with Gasteiger partial charge in [-0.2, -0.15) is 0 Å². The van der Waals surface area contributed by atoms with E-state index in [2.05, 4.69) is 20.8 Å². The summed E-state index contributed by atoms with van der Waals surface area (Å²) in [5.74, 6) is 0.320. The van der Waals surface area contributed by atoms with E-state index in [0.29, 0.717) is 41.0 Å². The summed E-state index contributed by atoms with van der Waals surface area (Å²) in [7, 11) is 0. The van der Waals surface area contributed by atoms with Gasteiger partial charge in [-0.15, -0.1) is 10.2 Å². The van der Waals surface area contributed by atoms with Gasteiger partial charge in [-0.05, 0) is 38.1 Å². The van der Waals surface area contributed by atoms with Crippen molar-refractivity contribution in [3.8, 4) is 0 Å². The van der Waals surface area contributed by atoms with E-state index in [0.717, 1.165) is 0 Å². The third-order valence-corrected chi connectivity index (χ3v) is 5.45. The zero-order valence-electron chi connectivity index (χ0n) is 18.4. The molecule has 0 saturated heterocycles. The smallest absolute Gasteiger partial charge is 0.253 e. The molecule has 2 heterocycles. The van der Waals surface area contributed by atoms with Gasteiger partial charge in [0.25, 0.3) is 5.91 Å². The van der Waals surface area contributed by atoms with Crippen LogP contribution in [0, 0.1) is 0 Å². The minimum atomic E-state index is -0.434. The van der Waals surface area contributed by atoms with Crippen molar-refractivity contribution < 1.29 is 18.8 Å². The SMILES string of the molecule is CC(C)NC(=O)c1ccccc1NC(=O)CSc1nnc(CCC(N)=O)n1Cc1ccco1. The number of nitrogens with one attached hydrogen (secondary N) is 2. The highest BCUT2D eigenvalue weighted by Gasteiger charge is 2.18. The van der Waals surface area contributed by atoms with Crippen LogP contribution in [0.1, 0.15) is 42.2 Å². The number of aryl methyl sites for hydroxylation is 1. The Kier molecular flexibility index (Phi) is 8.25. The van der Waals surface area contributed by atoms with Crippen molar-refractivity contribution in [1.29, 1.82) is 0 Å². The van der Waals surface area contributed by atoms with Crippen LogP contribution in [0.25, 0.3) is 0 Å². The average molecular weight is 471 g/mol. The van der Waals surface area contributed by atoms with E-state index in [1.807, 2.05) is 19.9 Å². The number of furan rings is 1. The van der Waals surface area contributed by atoms with Crippen LogP contribution < -0.4 is 16.4 Å². The largest absolute Gasteiger partial charge is 0.467 e. The summed E-state index contributed by atoms with van der Waals surface area (Å²) in [5.41, 5.74) is 6.08. The molecule has 0 fully saturated rings. The molecule has 4 N–H and O–H groups in total. The second-order valence-electron chi connectivity index (χ2n) is 7.54. The van der Waals surface area contributed by atoms with Crippen LogP contribution in [-0.2, 0) is 22.6 Å². The van der Waals surface area contributed by atoms with E-state index in [-0.39, 0.29) is 30.0 Å². The predicted octanol–water partition coefficient (Wildman–Crippen LogP) is 2.21. The maximum Gasteiger partial charge on any atom is 0.253 e. The molecule has 0 aliphatic rings. The number of anilines is 1. The standard InChI is InChI=1S/C22H26N6O4S/c1-14(2)24-21(31)16-7-3-4-8-17(16)25-20(30)13-33-22-27-26-19(10-9-18(23)29)28(22)12-15-6-5-11-32-15/h3-8,11,14H,9-10,12-13H2,1-2H3,(H2,23,29)(H,24,31)(H,25,30). The first-order valence-corrected chi connectivity index (χ1v) is 11.4. The second-order valence-corrected chi connectivity index (χ2v) is 8.48. The van der Waals surface area contributed by atoms with Gasteiger partial charge >= 0.3 is 0 Å². The van der Waals surface area contributed by atoms with E-state index in [4.69, 9.17) is 10.2 Å². The van der Waals surface area contributed by atoms with Gasteiger partial charge in [-0.25, -0.2) is 0 Å². The summed E-state index contributed by atoms with van der Waals surface area (Å²) in [6.45, 7) is 4.09. The van der Waals surface area contributed by atoms with Gasteiger partial charge in [0.05, 0.1) is 29.8 Å². The van der Waals surface area contributed by atoms with Crippen molar-refractivity contribution in [2.24, 2.45) is 5.73 Å². The second kappa shape index (κ2) is 11.3. The molecule has 174 valence electrons. The molecule has 11 heteroatoms. The van der Waals surface area contributed by atoms with Gasteiger partial charge in [-0.3, -0.25) is 19.0 Å². The van der Waals surface area contributed by atoms with Crippen LogP contribution in [0.3, 0.4) is 0 Å². The van der Waals surface area contributed by atoms with E-state index < -0.39 is 5.91 Å². The van der Waals surface area contributed by atoms with Crippen molar-refractivity contribution in [2.75, 3.05) is 11.1 Å². The van der Waals surface area contributed by atoms with Gasteiger partial charge in [0.2, 0.25) is 11.8 Å². The first-order chi connectivity index (χ1) is 15.8. The minimum Gasteiger partial charge on any atom is -0.467 e. The zero-order chi connectivity index (χ0) is 23.8. The van der Waals surface area contributed by atoms with Crippen LogP contribution in [0.2, 0.25) is 0 Å². The summed E-state index contributed by atoms with van der Waals surface area (Å²) in [6.07, 6.45) is 2.03. The van der Waals surface area contributed by atoms with Crippen LogP contribution in [0.4, 0.5) is 5.69 Å². The number of aromatic nitrogens is 3. The highest BCUT2D eigenvalue weighted by atomic mass is 32.2. The van der Waals surface area contributed by atoms with Crippen molar-refractivity contribution in [3.63, 3.8) is 0 Å². The number of amides is 3. The van der Waals surface area contributed by atoms with Crippen molar-refractivity contribution >= 4 is 35.2 Å². The molecule has 0 aliphatic carbocycles. The molecule has 0 bridgehead atoms. The number of hydrogen-bond acceptors (Lipinski definition) is 7. The minimum absolute atomic E-state index is 0.0268. The molecule has 10 nitrogen and oxygen atoms in total.